The summed E-state index contributed by atoms with van der Waals surface area (Å²) in [5.41, 5.74) is 9.89. The molecule has 132 valence electrons. The van der Waals surface area contributed by atoms with Crippen LogP contribution < -0.4 is 21.5 Å². The van der Waals surface area contributed by atoms with Gasteiger partial charge in [-0.15, -0.1) is 0 Å². The first-order valence-corrected chi connectivity index (χ1v) is 7.68. The molecule has 0 radical (unpaired) electrons. The van der Waals surface area contributed by atoms with Crippen LogP contribution in [0.15, 0.2) is 59.4 Å². The number of aromatic nitrogens is 2. The van der Waals surface area contributed by atoms with Gasteiger partial charge in [-0.05, 0) is 41.5 Å². The minimum atomic E-state index is -0.931. The number of ether oxygens (including phenoxy) is 1. The Morgan fingerprint density at radius 1 is 1.19 bits per heavy atom. The van der Waals surface area contributed by atoms with Gasteiger partial charge < -0.3 is 21.2 Å². The molecule has 0 bridgehead atoms. The third kappa shape index (κ3) is 4.05. The Hall–Kier alpha value is -3.65. The summed E-state index contributed by atoms with van der Waals surface area (Å²) >= 11 is 0. The van der Waals surface area contributed by atoms with Crippen LogP contribution in [0.2, 0.25) is 0 Å². The number of carbonyl (C=O) groups excluding carboxylic acids is 1. The summed E-state index contributed by atoms with van der Waals surface area (Å²) in [6.07, 6.45) is -0.473. The minimum Gasteiger partial charge on any atom is -0.761 e. The molecule has 0 saturated carbocycles. The summed E-state index contributed by atoms with van der Waals surface area (Å²) in [5, 5.41) is 17.3. The maximum absolute atomic E-state index is 11.2. The van der Waals surface area contributed by atoms with Crippen molar-refractivity contribution >= 4 is 11.8 Å². The van der Waals surface area contributed by atoms with E-state index in [9.17, 15) is 14.8 Å². The van der Waals surface area contributed by atoms with Crippen LogP contribution >= 0.6 is 0 Å². The number of nitrogens with two attached hydrogens (primary N) is 1. The van der Waals surface area contributed by atoms with E-state index in [4.69, 9.17) is 10.5 Å². The van der Waals surface area contributed by atoms with E-state index in [0.29, 0.717) is 28.9 Å². The molecule has 4 N–H and O–H groups in total. The molecule has 1 amide bonds. The summed E-state index contributed by atoms with van der Waals surface area (Å²) < 4.78 is 5.07. The van der Waals surface area contributed by atoms with Gasteiger partial charge in [-0.2, -0.15) is 5.10 Å². The Balaban J connectivity index is 2.01. The highest BCUT2D eigenvalue weighted by molar-refractivity contribution is 5.78. The molecule has 1 heterocycles. The molecule has 3 rings (SSSR count). The first-order valence-electron chi connectivity index (χ1n) is 7.68. The standard InChI is InChI=1S/C18H15N4O4/c19-18(24)26-16-6-4-11(8-13-5-7-17(23)21-20-13)9-15(16)12-2-1-3-14(10-12)22-25/h1-7,9-10,22H,8H2,(H2,19,24)(H,21,23)/q-1. The number of nitrogens with zero attached hydrogens (tertiary/aromatic N) is 1. The number of anilines is 1. The van der Waals surface area contributed by atoms with Crippen LogP contribution in [-0.2, 0) is 6.42 Å². The second kappa shape index (κ2) is 7.49. The van der Waals surface area contributed by atoms with Crippen molar-refractivity contribution in [1.29, 1.82) is 0 Å². The molecule has 1 aromatic heterocycles. The average molecular weight is 351 g/mol. The molecular weight excluding hydrogens is 336 g/mol. The van der Waals surface area contributed by atoms with E-state index in [1.807, 2.05) is 11.5 Å². The van der Waals surface area contributed by atoms with Gasteiger partial charge >= 0.3 is 6.09 Å². The Morgan fingerprint density at radius 3 is 2.73 bits per heavy atom. The molecule has 8 heteroatoms. The van der Waals surface area contributed by atoms with E-state index in [2.05, 4.69) is 10.2 Å². The highest BCUT2D eigenvalue weighted by Gasteiger charge is 2.11. The van der Waals surface area contributed by atoms with Gasteiger partial charge in [-0.3, -0.25) is 4.79 Å². The highest BCUT2D eigenvalue weighted by Crippen LogP contribution is 2.33. The smallest absolute Gasteiger partial charge is 0.409 e. The molecular formula is C18H15N4O4-. The molecule has 0 atom stereocenters. The summed E-state index contributed by atoms with van der Waals surface area (Å²) in [7, 11) is 0. The third-order valence-electron chi connectivity index (χ3n) is 3.67. The number of benzene rings is 2. The highest BCUT2D eigenvalue weighted by atomic mass is 16.5. The van der Waals surface area contributed by atoms with E-state index >= 15 is 0 Å². The Kier molecular flexibility index (Phi) is 4.95. The van der Waals surface area contributed by atoms with Gasteiger partial charge in [0.15, 0.2) is 0 Å². The van der Waals surface area contributed by atoms with Crippen LogP contribution in [0.1, 0.15) is 11.3 Å². The predicted octanol–water partition coefficient (Wildman–Crippen LogP) is 2.39. The molecule has 2 aromatic carbocycles. The fourth-order valence-corrected chi connectivity index (χ4v) is 2.54. The molecule has 0 saturated heterocycles. The number of H-pyrrole nitrogens is 1. The Morgan fingerprint density at radius 2 is 2.04 bits per heavy atom. The maximum atomic E-state index is 11.2. The summed E-state index contributed by atoms with van der Waals surface area (Å²) in [6, 6.07) is 15.0. The molecule has 0 fully saturated rings. The van der Waals surface area contributed by atoms with Crippen LogP contribution in [0.4, 0.5) is 10.5 Å². The van der Waals surface area contributed by atoms with E-state index in [1.54, 1.807) is 42.5 Å². The number of aromatic amines is 1. The quantitative estimate of drug-likeness (QED) is 0.604. The second-order valence-electron chi connectivity index (χ2n) is 5.52. The molecule has 0 aliphatic rings. The zero-order valence-corrected chi connectivity index (χ0v) is 13.6. The first kappa shape index (κ1) is 17.2. The van der Waals surface area contributed by atoms with Crippen molar-refractivity contribution in [1.82, 2.24) is 10.2 Å². The molecule has 8 nitrogen and oxygen atoms in total. The van der Waals surface area contributed by atoms with Crippen molar-refractivity contribution in [2.45, 2.75) is 6.42 Å². The number of primary amides is 1. The van der Waals surface area contributed by atoms with E-state index in [0.717, 1.165) is 5.56 Å². The van der Waals surface area contributed by atoms with E-state index in [1.165, 1.54) is 6.07 Å². The lowest BCUT2D eigenvalue weighted by molar-refractivity contribution is 0.211. The van der Waals surface area contributed by atoms with Gasteiger partial charge in [-0.1, -0.05) is 18.2 Å². The number of hydrogen-bond donors (Lipinski definition) is 3. The van der Waals surface area contributed by atoms with Gasteiger partial charge in [-0.25, -0.2) is 9.89 Å². The number of nitrogens with one attached hydrogen (secondary N) is 2. The van der Waals surface area contributed by atoms with E-state index in [-0.39, 0.29) is 11.3 Å². The number of hydrogen-bond acceptors (Lipinski definition) is 6. The van der Waals surface area contributed by atoms with Gasteiger partial charge in [0.25, 0.3) is 5.56 Å². The average Bonchev–Trinajstić information content (AvgIpc) is 2.64. The number of rotatable bonds is 5. The fourth-order valence-electron chi connectivity index (χ4n) is 2.54. The molecule has 0 aliphatic heterocycles. The van der Waals surface area contributed by atoms with Crippen molar-refractivity contribution in [2.24, 2.45) is 5.73 Å². The molecule has 3 aromatic rings. The van der Waals surface area contributed by atoms with Crippen molar-refractivity contribution in [3.63, 3.8) is 0 Å². The Bertz CT molecular complexity index is 980. The van der Waals surface area contributed by atoms with Crippen LogP contribution in [-0.4, -0.2) is 16.3 Å². The van der Waals surface area contributed by atoms with Crippen molar-refractivity contribution < 1.29 is 9.53 Å². The topological polar surface area (TPSA) is 133 Å². The zero-order valence-electron chi connectivity index (χ0n) is 13.6. The van der Waals surface area contributed by atoms with Crippen LogP contribution in [0.25, 0.3) is 11.1 Å². The van der Waals surface area contributed by atoms with Gasteiger partial charge in [0.2, 0.25) is 0 Å². The summed E-state index contributed by atoms with van der Waals surface area (Å²) in [5.74, 6) is 0.277. The zero-order chi connectivity index (χ0) is 18.5. The van der Waals surface area contributed by atoms with Crippen molar-refractivity contribution in [3.05, 3.63) is 81.4 Å². The van der Waals surface area contributed by atoms with Crippen molar-refractivity contribution in [2.75, 3.05) is 5.48 Å². The lowest BCUT2D eigenvalue weighted by atomic mass is 9.99. The Labute approximate surface area is 148 Å². The monoisotopic (exact) mass is 351 g/mol. The second-order valence-corrected chi connectivity index (χ2v) is 5.52. The molecule has 0 spiro atoms. The largest absolute Gasteiger partial charge is 0.761 e. The molecule has 0 aliphatic carbocycles. The fraction of sp³-hybridized carbons (Fsp3) is 0.0556. The number of amides is 1. The lowest BCUT2D eigenvalue weighted by Crippen LogP contribution is -2.16. The van der Waals surface area contributed by atoms with E-state index < -0.39 is 6.09 Å². The minimum absolute atomic E-state index is 0.276. The van der Waals surface area contributed by atoms with Crippen molar-refractivity contribution in [3.8, 4) is 16.9 Å². The van der Waals surface area contributed by atoms with Gasteiger partial charge in [0.1, 0.15) is 5.75 Å². The summed E-state index contributed by atoms with van der Waals surface area (Å²) in [6.45, 7) is 0. The SMILES string of the molecule is NC(=O)Oc1ccc(Cc2ccc(=O)[nH]n2)cc1-c1cccc(N[O-])c1. The third-order valence-corrected chi connectivity index (χ3v) is 3.67. The van der Waals surface area contributed by atoms with Crippen LogP contribution in [0, 0.1) is 5.21 Å². The number of carbonyl (C=O) groups is 1. The predicted molar refractivity (Wildman–Crippen MR) is 96.7 cm³/mol. The van der Waals surface area contributed by atoms with Gasteiger partial charge in [0, 0.05) is 23.7 Å². The van der Waals surface area contributed by atoms with Crippen LogP contribution in [0.3, 0.4) is 0 Å². The maximum Gasteiger partial charge on any atom is 0.409 e. The first-order chi connectivity index (χ1) is 12.5. The van der Waals surface area contributed by atoms with Crippen LogP contribution in [0.5, 0.6) is 5.75 Å². The van der Waals surface area contributed by atoms with Gasteiger partial charge in [0.05, 0.1) is 5.69 Å². The summed E-state index contributed by atoms with van der Waals surface area (Å²) in [4.78, 5) is 22.3. The molecule has 0 unspecified atom stereocenters. The normalized spacial score (nSPS) is 10.3. The lowest BCUT2D eigenvalue weighted by Gasteiger charge is -2.14. The molecule has 26 heavy (non-hydrogen) atoms.